The van der Waals surface area contributed by atoms with Gasteiger partial charge in [0.15, 0.2) is 11.5 Å². The van der Waals surface area contributed by atoms with Gasteiger partial charge in [0.1, 0.15) is 17.3 Å². The Morgan fingerprint density at radius 2 is 2.09 bits per heavy atom. The molecule has 1 aliphatic rings. The predicted molar refractivity (Wildman–Crippen MR) is 129 cm³/mol. The average molecular weight is 474 g/mol. The molecule has 0 saturated carbocycles. The first-order valence-electron chi connectivity index (χ1n) is 11.4. The van der Waals surface area contributed by atoms with E-state index in [1.54, 1.807) is 12.3 Å². The third-order valence-electron chi connectivity index (χ3n) is 6.22. The van der Waals surface area contributed by atoms with Crippen LogP contribution in [0, 0.1) is 12.7 Å². The molecule has 0 aromatic carbocycles. The second kappa shape index (κ2) is 8.27. The Morgan fingerprint density at radius 3 is 2.91 bits per heavy atom. The zero-order valence-corrected chi connectivity index (χ0v) is 19.4. The van der Waals surface area contributed by atoms with E-state index in [4.69, 9.17) is 20.4 Å². The van der Waals surface area contributed by atoms with Crippen LogP contribution in [0.2, 0.25) is 0 Å². The van der Waals surface area contributed by atoms with Crippen molar-refractivity contribution in [1.29, 1.82) is 0 Å². The molecule has 6 rings (SSSR count). The van der Waals surface area contributed by atoms with Gasteiger partial charge in [-0.15, -0.1) is 5.10 Å². The SMILES string of the molecule is Cc1cnc2ccc(-c3c(N4CCO[C@@H](C)C4)nc(N)n4nc(Cc5ncccc5F)nc34)cn12. The Morgan fingerprint density at radius 1 is 1.20 bits per heavy atom. The van der Waals surface area contributed by atoms with E-state index in [-0.39, 0.29) is 24.2 Å². The van der Waals surface area contributed by atoms with Gasteiger partial charge < -0.3 is 19.8 Å². The molecule has 0 unspecified atom stereocenters. The lowest BCUT2D eigenvalue weighted by atomic mass is 10.1. The van der Waals surface area contributed by atoms with Crippen LogP contribution in [0.4, 0.5) is 16.2 Å². The predicted octanol–water partition coefficient (Wildman–Crippen LogP) is 2.68. The second-order valence-electron chi connectivity index (χ2n) is 8.71. The summed E-state index contributed by atoms with van der Waals surface area (Å²) < 4.78 is 23.6. The van der Waals surface area contributed by atoms with Gasteiger partial charge in [-0.2, -0.15) is 9.50 Å². The fourth-order valence-electron chi connectivity index (χ4n) is 4.51. The van der Waals surface area contributed by atoms with Crippen molar-refractivity contribution in [3.8, 4) is 11.1 Å². The van der Waals surface area contributed by atoms with Crippen molar-refractivity contribution >= 4 is 23.1 Å². The molecule has 10 nitrogen and oxygen atoms in total. The summed E-state index contributed by atoms with van der Waals surface area (Å²) in [6.07, 6.45) is 5.59. The maximum Gasteiger partial charge on any atom is 0.225 e. The molecule has 1 atom stereocenters. The van der Waals surface area contributed by atoms with Crippen LogP contribution in [0.3, 0.4) is 0 Å². The summed E-state index contributed by atoms with van der Waals surface area (Å²) >= 11 is 0. The number of imidazole rings is 1. The minimum absolute atomic E-state index is 0.0507. The van der Waals surface area contributed by atoms with Crippen molar-refractivity contribution < 1.29 is 9.13 Å². The molecule has 0 radical (unpaired) electrons. The van der Waals surface area contributed by atoms with Gasteiger partial charge in [-0.3, -0.25) is 4.98 Å². The number of pyridine rings is 2. The number of aryl methyl sites for hydroxylation is 1. The molecule has 0 bridgehead atoms. The van der Waals surface area contributed by atoms with Crippen LogP contribution < -0.4 is 10.6 Å². The summed E-state index contributed by atoms with van der Waals surface area (Å²) in [4.78, 5) is 20.3. The highest BCUT2D eigenvalue weighted by Gasteiger charge is 2.26. The van der Waals surface area contributed by atoms with E-state index in [1.165, 1.54) is 10.6 Å². The van der Waals surface area contributed by atoms with Gasteiger partial charge in [-0.05, 0) is 38.1 Å². The Kier molecular flexibility index (Phi) is 5.06. The monoisotopic (exact) mass is 473 g/mol. The van der Waals surface area contributed by atoms with E-state index >= 15 is 0 Å². The number of aromatic nitrogens is 7. The highest BCUT2D eigenvalue weighted by atomic mass is 19.1. The van der Waals surface area contributed by atoms with Gasteiger partial charge in [0.2, 0.25) is 5.95 Å². The van der Waals surface area contributed by atoms with E-state index in [2.05, 4.69) is 20.0 Å². The molecule has 1 fully saturated rings. The van der Waals surface area contributed by atoms with Crippen LogP contribution in [-0.4, -0.2) is 59.8 Å². The molecule has 1 aliphatic heterocycles. The largest absolute Gasteiger partial charge is 0.375 e. The lowest BCUT2D eigenvalue weighted by molar-refractivity contribution is 0.0530. The Bertz CT molecular complexity index is 1560. The summed E-state index contributed by atoms with van der Waals surface area (Å²) in [5, 5.41) is 4.55. The number of ether oxygens (including phenoxy) is 1. The standard InChI is InChI=1S/C24H24FN9O/c1-14-11-28-20-6-5-16(13-33(14)20)21-22(32-8-9-35-15(2)12-32)30-24(26)34-23(21)29-19(31-34)10-18-17(25)4-3-7-27-18/h3-7,11,13,15H,8-10,12H2,1-2H3,(H2,26,30)/t15-/m0/s1. The molecule has 0 aliphatic carbocycles. The molecular formula is C24H24FN9O. The van der Waals surface area contributed by atoms with E-state index in [9.17, 15) is 4.39 Å². The number of nitrogens with zero attached hydrogens (tertiary/aromatic N) is 8. The first-order valence-corrected chi connectivity index (χ1v) is 11.4. The quantitative estimate of drug-likeness (QED) is 0.424. The highest BCUT2D eigenvalue weighted by Crippen LogP contribution is 2.35. The number of rotatable bonds is 4. The van der Waals surface area contributed by atoms with Gasteiger partial charge >= 0.3 is 0 Å². The van der Waals surface area contributed by atoms with E-state index in [0.29, 0.717) is 37.0 Å². The molecule has 0 amide bonds. The number of nitrogens with two attached hydrogens (primary N) is 1. The molecule has 2 N–H and O–H groups in total. The third kappa shape index (κ3) is 3.73. The van der Waals surface area contributed by atoms with Gasteiger partial charge in [-0.1, -0.05) is 0 Å². The maximum absolute atomic E-state index is 14.3. The minimum Gasteiger partial charge on any atom is -0.375 e. The third-order valence-corrected chi connectivity index (χ3v) is 6.22. The van der Waals surface area contributed by atoms with Crippen LogP contribution in [0.5, 0.6) is 0 Å². The van der Waals surface area contributed by atoms with Gasteiger partial charge in [0, 0.05) is 42.9 Å². The summed E-state index contributed by atoms with van der Waals surface area (Å²) in [7, 11) is 0. The summed E-state index contributed by atoms with van der Waals surface area (Å²) in [6.45, 7) is 5.96. The molecule has 6 heterocycles. The van der Waals surface area contributed by atoms with Crippen molar-refractivity contribution in [3.05, 3.63) is 65.9 Å². The van der Waals surface area contributed by atoms with Crippen molar-refractivity contribution in [2.75, 3.05) is 30.3 Å². The van der Waals surface area contributed by atoms with Crippen molar-refractivity contribution in [1.82, 2.24) is 34.0 Å². The molecule has 0 spiro atoms. The fourth-order valence-corrected chi connectivity index (χ4v) is 4.51. The minimum atomic E-state index is -0.401. The zero-order valence-electron chi connectivity index (χ0n) is 19.4. The summed E-state index contributed by atoms with van der Waals surface area (Å²) in [6, 6.07) is 6.89. The van der Waals surface area contributed by atoms with Crippen LogP contribution >= 0.6 is 0 Å². The van der Waals surface area contributed by atoms with E-state index in [0.717, 1.165) is 22.5 Å². The second-order valence-corrected chi connectivity index (χ2v) is 8.71. The molecule has 35 heavy (non-hydrogen) atoms. The fraction of sp³-hybridized carbons (Fsp3) is 0.292. The number of hydrogen-bond acceptors (Lipinski definition) is 8. The van der Waals surface area contributed by atoms with Gasteiger partial charge in [-0.25, -0.2) is 14.4 Å². The molecule has 1 saturated heterocycles. The van der Waals surface area contributed by atoms with Crippen LogP contribution in [-0.2, 0) is 11.2 Å². The maximum atomic E-state index is 14.3. The summed E-state index contributed by atoms with van der Waals surface area (Å²) in [5.41, 5.74) is 10.7. The molecule has 5 aromatic heterocycles. The Balaban J connectivity index is 1.56. The first kappa shape index (κ1) is 21.4. The zero-order chi connectivity index (χ0) is 24.1. The van der Waals surface area contributed by atoms with Crippen molar-refractivity contribution in [2.24, 2.45) is 0 Å². The number of hydrogen-bond donors (Lipinski definition) is 1. The molecule has 5 aromatic rings. The highest BCUT2D eigenvalue weighted by molar-refractivity contribution is 5.88. The number of morpholine rings is 1. The van der Waals surface area contributed by atoms with Crippen molar-refractivity contribution in [3.63, 3.8) is 0 Å². The van der Waals surface area contributed by atoms with E-state index in [1.807, 2.05) is 42.8 Å². The lowest BCUT2D eigenvalue weighted by Gasteiger charge is -2.33. The van der Waals surface area contributed by atoms with Crippen LogP contribution in [0.15, 0.2) is 42.9 Å². The molecule has 11 heteroatoms. The van der Waals surface area contributed by atoms with Gasteiger partial charge in [0.25, 0.3) is 0 Å². The van der Waals surface area contributed by atoms with Crippen LogP contribution in [0.25, 0.3) is 22.4 Å². The summed E-state index contributed by atoms with van der Waals surface area (Å²) in [5.74, 6) is 0.926. The lowest BCUT2D eigenvalue weighted by Crippen LogP contribution is -2.42. The number of fused-ring (bicyclic) bond motifs is 2. The Hall–Kier alpha value is -4.12. The Labute approximate surface area is 200 Å². The normalized spacial score (nSPS) is 16.4. The molecular weight excluding hydrogens is 449 g/mol. The van der Waals surface area contributed by atoms with Gasteiger partial charge in [0.05, 0.1) is 30.4 Å². The van der Waals surface area contributed by atoms with Crippen LogP contribution in [0.1, 0.15) is 24.1 Å². The smallest absolute Gasteiger partial charge is 0.225 e. The van der Waals surface area contributed by atoms with E-state index < -0.39 is 5.82 Å². The number of nitrogen functional groups attached to an aromatic ring is 1. The van der Waals surface area contributed by atoms with Crippen molar-refractivity contribution in [2.45, 2.75) is 26.4 Å². The average Bonchev–Trinajstić information content (AvgIpc) is 3.44. The number of halogens is 1. The number of anilines is 2. The molecule has 178 valence electrons. The first-order chi connectivity index (χ1) is 17.0. The topological polar surface area (TPSA) is 112 Å².